The Hall–Kier alpha value is -1.93. The summed E-state index contributed by atoms with van der Waals surface area (Å²) < 4.78 is 7.03. The van der Waals surface area contributed by atoms with Gasteiger partial charge in [-0.05, 0) is 55.5 Å². The molecule has 0 aliphatic carbocycles. The second kappa shape index (κ2) is 6.90. The van der Waals surface area contributed by atoms with Crippen molar-refractivity contribution in [3.63, 3.8) is 0 Å². The van der Waals surface area contributed by atoms with Crippen molar-refractivity contribution in [3.05, 3.63) is 35.3 Å². The first-order valence-electron chi connectivity index (χ1n) is 7.48. The van der Waals surface area contributed by atoms with Crippen LogP contribution in [0.5, 0.6) is 5.75 Å². The SMILES string of the molecule is COc1ccc(-c2nc(CSc3nnnn3C(C)(C)C)cs2)cc1. The van der Waals surface area contributed by atoms with E-state index in [4.69, 9.17) is 9.72 Å². The molecule has 3 aromatic rings. The van der Waals surface area contributed by atoms with Crippen molar-refractivity contribution in [2.45, 2.75) is 37.2 Å². The van der Waals surface area contributed by atoms with Crippen molar-refractivity contribution >= 4 is 23.1 Å². The Morgan fingerprint density at radius 2 is 1.96 bits per heavy atom. The largest absolute Gasteiger partial charge is 0.497 e. The van der Waals surface area contributed by atoms with Gasteiger partial charge in [-0.1, -0.05) is 11.8 Å². The molecule has 0 fully saturated rings. The maximum absolute atomic E-state index is 5.19. The minimum Gasteiger partial charge on any atom is -0.497 e. The van der Waals surface area contributed by atoms with Gasteiger partial charge in [-0.25, -0.2) is 9.67 Å². The highest BCUT2D eigenvalue weighted by atomic mass is 32.2. The fourth-order valence-electron chi connectivity index (χ4n) is 2.07. The summed E-state index contributed by atoms with van der Waals surface area (Å²) in [6.45, 7) is 6.24. The predicted octanol–water partition coefficient (Wildman–Crippen LogP) is 3.85. The van der Waals surface area contributed by atoms with E-state index in [1.807, 2.05) is 28.9 Å². The van der Waals surface area contributed by atoms with Gasteiger partial charge < -0.3 is 4.74 Å². The van der Waals surface area contributed by atoms with Gasteiger partial charge in [0.05, 0.1) is 18.3 Å². The molecule has 126 valence electrons. The molecule has 0 aliphatic rings. The molecule has 3 rings (SSSR count). The van der Waals surface area contributed by atoms with E-state index in [1.165, 1.54) is 0 Å². The summed E-state index contributed by atoms with van der Waals surface area (Å²) in [4.78, 5) is 4.71. The second-order valence-corrected chi connectivity index (χ2v) is 8.01. The van der Waals surface area contributed by atoms with Crippen LogP contribution in [0.3, 0.4) is 0 Å². The third-order valence-electron chi connectivity index (χ3n) is 3.31. The van der Waals surface area contributed by atoms with Crippen LogP contribution in [0.1, 0.15) is 26.5 Å². The van der Waals surface area contributed by atoms with E-state index in [-0.39, 0.29) is 5.54 Å². The number of nitrogens with zero attached hydrogens (tertiary/aromatic N) is 5. The molecule has 0 aliphatic heterocycles. The van der Waals surface area contributed by atoms with Crippen LogP contribution in [0.2, 0.25) is 0 Å². The molecule has 0 saturated heterocycles. The number of aromatic nitrogens is 5. The topological polar surface area (TPSA) is 65.7 Å². The average Bonchev–Trinajstić information content (AvgIpc) is 3.21. The van der Waals surface area contributed by atoms with Crippen LogP contribution in [0.25, 0.3) is 10.6 Å². The maximum Gasteiger partial charge on any atom is 0.210 e. The van der Waals surface area contributed by atoms with Gasteiger partial charge in [0.1, 0.15) is 10.8 Å². The summed E-state index contributed by atoms with van der Waals surface area (Å²) in [5.41, 5.74) is 1.98. The number of hydrogen-bond acceptors (Lipinski definition) is 7. The van der Waals surface area contributed by atoms with Gasteiger partial charge in [0.15, 0.2) is 0 Å². The summed E-state index contributed by atoms with van der Waals surface area (Å²) in [5, 5.41) is 15.9. The number of benzene rings is 1. The number of ether oxygens (including phenoxy) is 1. The number of tetrazole rings is 1. The highest BCUT2D eigenvalue weighted by Gasteiger charge is 2.20. The summed E-state index contributed by atoms with van der Waals surface area (Å²) >= 11 is 3.24. The van der Waals surface area contributed by atoms with Crippen LogP contribution < -0.4 is 4.74 Å². The Balaban J connectivity index is 1.69. The van der Waals surface area contributed by atoms with Crippen molar-refractivity contribution < 1.29 is 4.74 Å². The van der Waals surface area contributed by atoms with Crippen LogP contribution in [-0.4, -0.2) is 32.3 Å². The molecular weight excluding hydrogens is 342 g/mol. The summed E-state index contributed by atoms with van der Waals surface area (Å²) in [6, 6.07) is 7.94. The molecule has 8 heteroatoms. The first kappa shape index (κ1) is 16.9. The van der Waals surface area contributed by atoms with Gasteiger partial charge in [0, 0.05) is 16.7 Å². The molecule has 0 N–H and O–H groups in total. The Bertz CT molecular complexity index is 804. The lowest BCUT2D eigenvalue weighted by atomic mass is 10.1. The third kappa shape index (κ3) is 3.76. The number of rotatable bonds is 5. The normalized spacial score (nSPS) is 11.7. The minimum absolute atomic E-state index is 0.137. The van der Waals surface area contributed by atoms with Crippen LogP contribution in [0.15, 0.2) is 34.8 Å². The number of thiazole rings is 1. The lowest BCUT2D eigenvalue weighted by molar-refractivity contribution is 0.321. The molecule has 6 nitrogen and oxygen atoms in total. The molecule has 0 saturated carbocycles. The van der Waals surface area contributed by atoms with E-state index in [1.54, 1.807) is 30.2 Å². The maximum atomic E-state index is 5.19. The van der Waals surface area contributed by atoms with Gasteiger partial charge in [-0.2, -0.15) is 0 Å². The molecule has 0 bridgehead atoms. The average molecular weight is 361 g/mol. The first-order chi connectivity index (χ1) is 11.5. The quantitative estimate of drug-likeness (QED) is 0.643. The fraction of sp³-hybridized carbons (Fsp3) is 0.375. The third-order valence-corrected chi connectivity index (χ3v) is 5.21. The van der Waals surface area contributed by atoms with Crippen molar-refractivity contribution in [2.75, 3.05) is 7.11 Å². The fourth-order valence-corrected chi connectivity index (χ4v) is 3.95. The zero-order valence-electron chi connectivity index (χ0n) is 14.1. The van der Waals surface area contributed by atoms with Crippen LogP contribution in [0, 0.1) is 0 Å². The molecule has 0 unspecified atom stereocenters. The number of methoxy groups -OCH3 is 1. The molecule has 0 radical (unpaired) electrons. The van der Waals surface area contributed by atoms with E-state index in [2.05, 4.69) is 41.7 Å². The van der Waals surface area contributed by atoms with Crippen molar-refractivity contribution in [3.8, 4) is 16.3 Å². The molecule has 0 amide bonds. The highest BCUT2D eigenvalue weighted by molar-refractivity contribution is 7.98. The van der Waals surface area contributed by atoms with Gasteiger partial charge in [-0.3, -0.25) is 0 Å². The lowest BCUT2D eigenvalue weighted by Crippen LogP contribution is -2.24. The number of thioether (sulfide) groups is 1. The standard InChI is InChI=1S/C16H19N5OS2/c1-16(2,3)21-15(18-19-20-21)24-10-12-9-23-14(17-12)11-5-7-13(22-4)8-6-11/h5-9H,10H2,1-4H3. The molecular formula is C16H19N5OS2. The minimum atomic E-state index is -0.137. The first-order valence-corrected chi connectivity index (χ1v) is 9.34. The van der Waals surface area contributed by atoms with Crippen molar-refractivity contribution in [2.24, 2.45) is 0 Å². The molecule has 0 atom stereocenters. The molecule has 2 aromatic heterocycles. The Kier molecular flexibility index (Phi) is 4.86. The second-order valence-electron chi connectivity index (χ2n) is 6.21. The monoisotopic (exact) mass is 361 g/mol. The Morgan fingerprint density at radius 3 is 2.62 bits per heavy atom. The highest BCUT2D eigenvalue weighted by Crippen LogP contribution is 2.29. The van der Waals surface area contributed by atoms with Gasteiger partial charge in [0.25, 0.3) is 0 Å². The van der Waals surface area contributed by atoms with Gasteiger partial charge >= 0.3 is 0 Å². The van der Waals surface area contributed by atoms with E-state index < -0.39 is 0 Å². The van der Waals surface area contributed by atoms with E-state index in [9.17, 15) is 0 Å². The molecule has 24 heavy (non-hydrogen) atoms. The summed E-state index contributed by atoms with van der Waals surface area (Å²) in [6.07, 6.45) is 0. The van der Waals surface area contributed by atoms with Crippen molar-refractivity contribution in [1.82, 2.24) is 25.2 Å². The Morgan fingerprint density at radius 1 is 1.21 bits per heavy atom. The van der Waals surface area contributed by atoms with E-state index >= 15 is 0 Å². The molecule has 1 aromatic carbocycles. The van der Waals surface area contributed by atoms with E-state index in [0.717, 1.165) is 32.9 Å². The van der Waals surface area contributed by atoms with Crippen LogP contribution >= 0.6 is 23.1 Å². The van der Waals surface area contributed by atoms with Gasteiger partial charge in [0.2, 0.25) is 5.16 Å². The predicted molar refractivity (Wildman–Crippen MR) is 96.5 cm³/mol. The smallest absolute Gasteiger partial charge is 0.210 e. The van der Waals surface area contributed by atoms with Crippen LogP contribution in [-0.2, 0) is 11.3 Å². The summed E-state index contributed by atoms with van der Waals surface area (Å²) in [5.74, 6) is 1.59. The Labute approximate surface area is 149 Å². The van der Waals surface area contributed by atoms with E-state index in [0.29, 0.717) is 0 Å². The zero-order valence-corrected chi connectivity index (χ0v) is 15.7. The van der Waals surface area contributed by atoms with Crippen molar-refractivity contribution in [1.29, 1.82) is 0 Å². The zero-order chi connectivity index (χ0) is 17.2. The number of hydrogen-bond donors (Lipinski definition) is 0. The molecule has 2 heterocycles. The lowest BCUT2D eigenvalue weighted by Gasteiger charge is -2.19. The van der Waals surface area contributed by atoms with Gasteiger partial charge in [-0.15, -0.1) is 16.4 Å². The summed E-state index contributed by atoms with van der Waals surface area (Å²) in [7, 11) is 1.67. The molecule has 0 spiro atoms. The van der Waals surface area contributed by atoms with Crippen LogP contribution in [0.4, 0.5) is 0 Å².